The molecule has 1 aromatic carbocycles. The molecule has 0 saturated heterocycles. The summed E-state index contributed by atoms with van der Waals surface area (Å²) in [6.45, 7) is 3.41. The number of carbonyl (C=O) groups excluding carboxylic acids is 1. The van der Waals surface area contributed by atoms with E-state index in [4.69, 9.17) is 11.6 Å². The van der Waals surface area contributed by atoms with E-state index in [1.54, 1.807) is 12.5 Å². The number of aryl methyl sites for hydroxylation is 1. The molecule has 0 bridgehead atoms. The number of fused-ring (bicyclic) bond motifs is 1. The molecule has 25 heavy (non-hydrogen) atoms. The van der Waals surface area contributed by atoms with Crippen molar-refractivity contribution >= 4 is 17.5 Å². The van der Waals surface area contributed by atoms with Gasteiger partial charge in [0.25, 0.3) is 5.91 Å². The van der Waals surface area contributed by atoms with Crippen molar-refractivity contribution < 1.29 is 4.79 Å². The summed E-state index contributed by atoms with van der Waals surface area (Å²) in [5.41, 5.74) is 3.35. The van der Waals surface area contributed by atoms with Crippen LogP contribution in [0.3, 0.4) is 0 Å². The van der Waals surface area contributed by atoms with Crippen molar-refractivity contribution in [1.29, 1.82) is 0 Å². The van der Waals surface area contributed by atoms with E-state index >= 15 is 0 Å². The minimum Gasteiger partial charge on any atom is -0.350 e. The molecule has 3 aromatic rings. The summed E-state index contributed by atoms with van der Waals surface area (Å²) in [7, 11) is 0. The van der Waals surface area contributed by atoms with Crippen molar-refractivity contribution in [2.24, 2.45) is 0 Å². The van der Waals surface area contributed by atoms with Gasteiger partial charge in [0, 0.05) is 29.7 Å². The zero-order valence-electron chi connectivity index (χ0n) is 13.8. The Bertz CT molecular complexity index is 912. The number of halogens is 1. The van der Waals surface area contributed by atoms with Gasteiger partial charge in [0.2, 0.25) is 0 Å². The molecule has 0 fully saturated rings. The summed E-state index contributed by atoms with van der Waals surface area (Å²) < 4.78 is 1.99. The van der Waals surface area contributed by atoms with Gasteiger partial charge in [0.15, 0.2) is 5.82 Å². The molecule has 1 aliphatic heterocycles. The number of nitrogens with one attached hydrogen (secondary N) is 2. The van der Waals surface area contributed by atoms with E-state index in [0.29, 0.717) is 29.5 Å². The molecule has 128 valence electrons. The monoisotopic (exact) mass is 355 g/mol. The van der Waals surface area contributed by atoms with Crippen LogP contribution in [0.5, 0.6) is 0 Å². The maximum Gasteiger partial charge on any atom is 0.271 e. The first-order chi connectivity index (χ1) is 12.2. The number of rotatable bonds is 3. The first-order valence-electron chi connectivity index (χ1n) is 8.28. The Labute approximate surface area is 150 Å². The maximum absolute atomic E-state index is 12.4. The number of amides is 1. The molecule has 1 atom stereocenters. The minimum atomic E-state index is -0.142. The number of imidazole rings is 2. The van der Waals surface area contributed by atoms with Gasteiger partial charge >= 0.3 is 0 Å². The van der Waals surface area contributed by atoms with Gasteiger partial charge in [-0.3, -0.25) is 4.79 Å². The number of aromatic nitrogens is 4. The summed E-state index contributed by atoms with van der Waals surface area (Å²) >= 11 is 5.98. The summed E-state index contributed by atoms with van der Waals surface area (Å²) in [5.74, 6) is 0.708. The second-order valence-corrected chi connectivity index (χ2v) is 6.58. The van der Waals surface area contributed by atoms with E-state index in [1.165, 1.54) is 0 Å². The normalized spacial score (nSPS) is 17.0. The van der Waals surface area contributed by atoms with Crippen molar-refractivity contribution in [3.8, 4) is 11.5 Å². The second-order valence-electron chi connectivity index (χ2n) is 6.14. The lowest BCUT2D eigenvalue weighted by Crippen LogP contribution is -2.26. The molecule has 0 radical (unpaired) electrons. The van der Waals surface area contributed by atoms with E-state index in [0.717, 1.165) is 23.5 Å². The summed E-state index contributed by atoms with van der Waals surface area (Å²) in [6.07, 6.45) is 4.23. The molecule has 0 aliphatic carbocycles. The topological polar surface area (TPSA) is 75.6 Å². The lowest BCUT2D eigenvalue weighted by molar-refractivity contribution is 0.0950. The quantitative estimate of drug-likeness (QED) is 0.758. The first kappa shape index (κ1) is 15.9. The second kappa shape index (κ2) is 6.37. The van der Waals surface area contributed by atoms with Gasteiger partial charge < -0.3 is 14.9 Å². The van der Waals surface area contributed by atoms with Crippen LogP contribution in [-0.2, 0) is 13.0 Å². The Kier molecular flexibility index (Phi) is 4.05. The number of hydrogen-bond donors (Lipinski definition) is 2. The van der Waals surface area contributed by atoms with Crippen LogP contribution in [0.15, 0.2) is 36.8 Å². The van der Waals surface area contributed by atoms with Gasteiger partial charge in [-0.2, -0.15) is 0 Å². The molecule has 6 nitrogen and oxygen atoms in total. The third-order valence-electron chi connectivity index (χ3n) is 4.59. The van der Waals surface area contributed by atoms with Crippen molar-refractivity contribution in [2.45, 2.75) is 25.8 Å². The third-order valence-corrected chi connectivity index (χ3v) is 4.84. The van der Waals surface area contributed by atoms with Gasteiger partial charge in [0.05, 0.1) is 12.5 Å². The van der Waals surface area contributed by atoms with Gasteiger partial charge in [-0.05, 0) is 31.0 Å². The van der Waals surface area contributed by atoms with Crippen LogP contribution >= 0.6 is 11.6 Å². The Balaban J connectivity index is 1.70. The van der Waals surface area contributed by atoms with Crippen LogP contribution < -0.4 is 5.32 Å². The highest BCUT2D eigenvalue weighted by Crippen LogP contribution is 2.27. The fourth-order valence-corrected chi connectivity index (χ4v) is 3.35. The largest absolute Gasteiger partial charge is 0.350 e. The average Bonchev–Trinajstić information content (AvgIpc) is 3.22. The minimum absolute atomic E-state index is 0.142. The number of nitrogens with zero attached hydrogens (tertiary/aromatic N) is 3. The number of carbonyl (C=O) groups is 1. The Morgan fingerprint density at radius 1 is 1.32 bits per heavy atom. The van der Waals surface area contributed by atoms with E-state index in [9.17, 15) is 4.79 Å². The molecule has 2 N–H and O–H groups in total. The van der Waals surface area contributed by atoms with Crippen molar-refractivity contribution in [2.75, 3.05) is 6.54 Å². The molecule has 7 heteroatoms. The fraction of sp³-hybridized carbons (Fsp3) is 0.278. The zero-order valence-corrected chi connectivity index (χ0v) is 14.5. The van der Waals surface area contributed by atoms with E-state index in [1.807, 2.05) is 35.8 Å². The molecular formula is C18H18ClN5O. The van der Waals surface area contributed by atoms with Gasteiger partial charge in [-0.15, -0.1) is 0 Å². The Hall–Kier alpha value is -2.60. The molecule has 3 heterocycles. The summed E-state index contributed by atoms with van der Waals surface area (Å²) in [5, 5.41) is 3.68. The molecule has 1 aliphatic rings. The van der Waals surface area contributed by atoms with Gasteiger partial charge in [0.1, 0.15) is 11.4 Å². The highest BCUT2D eigenvalue weighted by molar-refractivity contribution is 6.30. The van der Waals surface area contributed by atoms with Crippen LogP contribution in [0.2, 0.25) is 5.02 Å². The molecule has 0 saturated carbocycles. The highest BCUT2D eigenvalue weighted by Gasteiger charge is 2.27. The average molecular weight is 356 g/mol. The SMILES string of the molecule is CCn1cncc1-c1nc2c([nH]1)C[C@H](c1ccc(Cl)cc1)CNC2=O. The summed E-state index contributed by atoms with van der Waals surface area (Å²) in [6, 6.07) is 7.77. The predicted molar refractivity (Wildman–Crippen MR) is 95.7 cm³/mol. The fourth-order valence-electron chi connectivity index (χ4n) is 3.22. The number of hydrogen-bond acceptors (Lipinski definition) is 3. The van der Waals surface area contributed by atoms with Gasteiger partial charge in [-0.25, -0.2) is 9.97 Å². The third kappa shape index (κ3) is 2.93. The van der Waals surface area contributed by atoms with E-state index in [2.05, 4.69) is 20.3 Å². The molecule has 2 aromatic heterocycles. The van der Waals surface area contributed by atoms with Crippen LogP contribution in [0.4, 0.5) is 0 Å². The Morgan fingerprint density at radius 2 is 2.12 bits per heavy atom. The number of aromatic amines is 1. The lowest BCUT2D eigenvalue weighted by Gasteiger charge is -2.14. The van der Waals surface area contributed by atoms with Crippen molar-refractivity contribution in [3.05, 3.63) is 58.8 Å². The smallest absolute Gasteiger partial charge is 0.271 e. The molecule has 0 spiro atoms. The maximum atomic E-state index is 12.4. The van der Waals surface area contributed by atoms with Crippen LogP contribution in [0, 0.1) is 0 Å². The molecular weight excluding hydrogens is 338 g/mol. The molecule has 4 rings (SSSR count). The van der Waals surface area contributed by atoms with Crippen molar-refractivity contribution in [1.82, 2.24) is 24.8 Å². The van der Waals surface area contributed by atoms with E-state index in [-0.39, 0.29) is 11.8 Å². The molecule has 0 unspecified atom stereocenters. The number of H-pyrrole nitrogens is 1. The van der Waals surface area contributed by atoms with Crippen LogP contribution in [0.25, 0.3) is 11.5 Å². The summed E-state index contributed by atoms with van der Waals surface area (Å²) in [4.78, 5) is 24.5. The predicted octanol–water partition coefficient (Wildman–Crippen LogP) is 3.02. The molecule has 1 amide bonds. The lowest BCUT2D eigenvalue weighted by atomic mass is 9.94. The zero-order chi connectivity index (χ0) is 17.4. The number of benzene rings is 1. The standard InChI is InChI=1S/C18H18ClN5O/c1-2-24-10-20-9-15(24)17-22-14-7-12(8-21-18(25)16(14)23-17)11-3-5-13(19)6-4-11/h3-6,9-10,12H,2,7-8H2,1H3,(H,21,25)(H,22,23)/t12-/m0/s1. The Morgan fingerprint density at radius 3 is 2.88 bits per heavy atom. The van der Waals surface area contributed by atoms with Crippen LogP contribution in [-0.4, -0.2) is 32.0 Å². The highest BCUT2D eigenvalue weighted by atomic mass is 35.5. The van der Waals surface area contributed by atoms with Crippen molar-refractivity contribution in [3.63, 3.8) is 0 Å². The van der Waals surface area contributed by atoms with Crippen LogP contribution in [0.1, 0.15) is 34.6 Å². The van der Waals surface area contributed by atoms with Gasteiger partial charge in [-0.1, -0.05) is 23.7 Å². The van der Waals surface area contributed by atoms with E-state index < -0.39 is 0 Å². The first-order valence-corrected chi connectivity index (χ1v) is 8.66.